The Hall–Kier alpha value is -0.920. The van der Waals surface area contributed by atoms with E-state index in [2.05, 4.69) is 40.7 Å². The zero-order valence-corrected chi connectivity index (χ0v) is 14.8. The van der Waals surface area contributed by atoms with Gasteiger partial charge in [0.05, 0.1) is 5.41 Å². The predicted octanol–water partition coefficient (Wildman–Crippen LogP) is 4.72. The number of hydrogen-bond acceptors (Lipinski definition) is 2. The van der Waals surface area contributed by atoms with Gasteiger partial charge < -0.3 is 0 Å². The number of rotatable bonds is 1. The van der Waals surface area contributed by atoms with Gasteiger partial charge >= 0.3 is 0 Å². The van der Waals surface area contributed by atoms with Gasteiger partial charge in [0.25, 0.3) is 0 Å². The molecule has 3 unspecified atom stereocenters. The van der Waals surface area contributed by atoms with Gasteiger partial charge in [-0.1, -0.05) is 47.1 Å². The molecule has 22 heavy (non-hydrogen) atoms. The van der Waals surface area contributed by atoms with Crippen molar-refractivity contribution in [1.82, 2.24) is 0 Å². The van der Waals surface area contributed by atoms with Crippen molar-refractivity contribution in [2.24, 2.45) is 28.1 Å². The lowest BCUT2D eigenvalue weighted by Crippen LogP contribution is -2.57. The average molecular weight is 302 g/mol. The lowest BCUT2D eigenvalue weighted by Gasteiger charge is -2.60. The maximum atomic E-state index is 13.0. The Morgan fingerprint density at radius 2 is 1.82 bits per heavy atom. The molecule has 122 valence electrons. The van der Waals surface area contributed by atoms with Crippen molar-refractivity contribution in [1.29, 1.82) is 0 Å². The first-order valence-electron chi connectivity index (χ1n) is 8.93. The summed E-state index contributed by atoms with van der Waals surface area (Å²) in [6.07, 6.45) is 7.71. The first-order chi connectivity index (χ1) is 10.1. The quantitative estimate of drug-likeness (QED) is 0.702. The molecule has 2 fully saturated rings. The lowest BCUT2D eigenvalue weighted by molar-refractivity contribution is -0.156. The number of carbonyl (C=O) groups is 2. The van der Waals surface area contributed by atoms with Crippen LogP contribution < -0.4 is 0 Å². The summed E-state index contributed by atoms with van der Waals surface area (Å²) in [7, 11) is 0. The monoisotopic (exact) mass is 302 g/mol. The molecule has 0 aliphatic heterocycles. The largest absolute Gasteiger partial charge is 0.299 e. The van der Waals surface area contributed by atoms with E-state index in [-0.39, 0.29) is 22.5 Å². The predicted molar refractivity (Wildman–Crippen MR) is 88.4 cm³/mol. The van der Waals surface area contributed by atoms with E-state index < -0.39 is 5.41 Å². The molecule has 0 radical (unpaired) electrons. The first-order valence-corrected chi connectivity index (χ1v) is 8.93. The summed E-state index contributed by atoms with van der Waals surface area (Å²) in [4.78, 5) is 25.6. The Labute approximate surface area is 134 Å². The molecular formula is C20H30O2. The summed E-state index contributed by atoms with van der Waals surface area (Å²) in [6.45, 7) is 11.2. The molecule has 0 N–H and O–H groups in total. The normalized spacial score (nSPS) is 41.0. The molecule has 0 aromatic heterocycles. The molecular weight excluding hydrogens is 272 g/mol. The van der Waals surface area contributed by atoms with Crippen LogP contribution in [0.1, 0.15) is 73.1 Å². The van der Waals surface area contributed by atoms with Crippen molar-refractivity contribution < 1.29 is 9.59 Å². The summed E-state index contributed by atoms with van der Waals surface area (Å²) < 4.78 is 0. The number of carbonyl (C=O) groups excluding carboxylic acids is 2. The van der Waals surface area contributed by atoms with Crippen molar-refractivity contribution in [3.8, 4) is 0 Å². The van der Waals surface area contributed by atoms with Crippen LogP contribution in [0.5, 0.6) is 0 Å². The number of hydrogen-bond donors (Lipinski definition) is 0. The topological polar surface area (TPSA) is 34.1 Å². The highest BCUT2D eigenvalue weighted by molar-refractivity contribution is 6.06. The summed E-state index contributed by atoms with van der Waals surface area (Å²) in [6, 6.07) is 0. The van der Waals surface area contributed by atoms with Gasteiger partial charge in [-0.05, 0) is 47.5 Å². The third-order valence-corrected chi connectivity index (χ3v) is 7.19. The molecule has 3 atom stereocenters. The van der Waals surface area contributed by atoms with Crippen LogP contribution in [-0.2, 0) is 9.59 Å². The first kappa shape index (κ1) is 16.0. The van der Waals surface area contributed by atoms with Gasteiger partial charge in [0.2, 0.25) is 0 Å². The van der Waals surface area contributed by atoms with Crippen molar-refractivity contribution in [3.63, 3.8) is 0 Å². The second-order valence-corrected chi connectivity index (χ2v) is 9.10. The zero-order chi connectivity index (χ0) is 16.3. The van der Waals surface area contributed by atoms with E-state index in [9.17, 15) is 9.59 Å². The van der Waals surface area contributed by atoms with Crippen LogP contribution in [-0.4, -0.2) is 11.6 Å². The molecule has 3 aliphatic carbocycles. The van der Waals surface area contributed by atoms with E-state index in [1.165, 1.54) is 12.8 Å². The second kappa shape index (κ2) is 4.79. The van der Waals surface area contributed by atoms with E-state index in [1.807, 2.05) is 0 Å². The summed E-state index contributed by atoms with van der Waals surface area (Å²) in [5.74, 6) is 1.31. The smallest absolute Gasteiger partial charge is 0.160 e. The van der Waals surface area contributed by atoms with E-state index >= 15 is 0 Å². The minimum Gasteiger partial charge on any atom is -0.299 e. The third kappa shape index (κ3) is 1.91. The van der Waals surface area contributed by atoms with Crippen molar-refractivity contribution in [2.45, 2.75) is 73.1 Å². The summed E-state index contributed by atoms with van der Waals surface area (Å²) >= 11 is 0. The molecule has 0 saturated heterocycles. The lowest BCUT2D eigenvalue weighted by atomic mass is 9.42. The molecule has 2 saturated carbocycles. The number of Topliss-reactive ketones (excluding diaryl/α,β-unsaturated/α-hetero) is 2. The molecule has 0 aromatic rings. The second-order valence-electron chi connectivity index (χ2n) is 9.10. The molecule has 0 amide bonds. The van der Waals surface area contributed by atoms with Crippen LogP contribution in [0.3, 0.4) is 0 Å². The molecule has 3 rings (SSSR count). The van der Waals surface area contributed by atoms with Gasteiger partial charge in [0, 0.05) is 12.8 Å². The average Bonchev–Trinajstić information content (AvgIpc) is 2.75. The van der Waals surface area contributed by atoms with Crippen LogP contribution in [0, 0.1) is 28.1 Å². The molecule has 3 aliphatic rings. The van der Waals surface area contributed by atoms with Crippen LogP contribution in [0.15, 0.2) is 11.6 Å². The molecule has 2 nitrogen and oxygen atoms in total. The van der Waals surface area contributed by atoms with Crippen LogP contribution in [0.4, 0.5) is 0 Å². The van der Waals surface area contributed by atoms with E-state index in [0.29, 0.717) is 24.5 Å². The number of ketones is 2. The van der Waals surface area contributed by atoms with E-state index in [4.69, 9.17) is 0 Å². The molecule has 0 heterocycles. The van der Waals surface area contributed by atoms with Gasteiger partial charge in [-0.3, -0.25) is 9.59 Å². The highest BCUT2D eigenvalue weighted by Gasteiger charge is 2.64. The summed E-state index contributed by atoms with van der Waals surface area (Å²) in [5, 5.41) is 0. The maximum absolute atomic E-state index is 13.0. The molecule has 2 heteroatoms. The fourth-order valence-electron chi connectivity index (χ4n) is 5.97. The minimum atomic E-state index is -0.510. The fourth-order valence-corrected chi connectivity index (χ4v) is 5.97. The van der Waals surface area contributed by atoms with Gasteiger partial charge in [0.15, 0.2) is 5.78 Å². The Kier molecular flexibility index (Phi) is 3.47. The van der Waals surface area contributed by atoms with Crippen LogP contribution in [0.25, 0.3) is 0 Å². The molecule has 0 aromatic carbocycles. The fraction of sp³-hybridized carbons (Fsp3) is 0.800. The van der Waals surface area contributed by atoms with Crippen molar-refractivity contribution >= 4 is 11.6 Å². The Morgan fingerprint density at radius 1 is 1.14 bits per heavy atom. The third-order valence-electron chi connectivity index (χ3n) is 7.19. The van der Waals surface area contributed by atoms with Crippen LogP contribution >= 0.6 is 0 Å². The minimum absolute atomic E-state index is 0.0453. The van der Waals surface area contributed by atoms with Gasteiger partial charge in [0.1, 0.15) is 5.78 Å². The van der Waals surface area contributed by atoms with Gasteiger partial charge in [-0.15, -0.1) is 0 Å². The highest BCUT2D eigenvalue weighted by atomic mass is 16.1. The standard InChI is InChI=1S/C20H30O2/c1-13(2)14-11-20(12-15(14)21)17(22)8-7-16-18(3,4)9-6-10-19(16,20)5/h11,13,16H,6-10,12H2,1-5H3. The zero-order valence-electron chi connectivity index (χ0n) is 14.8. The van der Waals surface area contributed by atoms with Gasteiger partial charge in [-0.2, -0.15) is 0 Å². The van der Waals surface area contributed by atoms with E-state index in [0.717, 1.165) is 18.4 Å². The van der Waals surface area contributed by atoms with E-state index in [1.54, 1.807) is 0 Å². The Morgan fingerprint density at radius 3 is 2.41 bits per heavy atom. The Balaban J connectivity index is 2.13. The Bertz CT molecular complexity index is 554. The number of fused-ring (bicyclic) bond motifs is 2. The van der Waals surface area contributed by atoms with Crippen molar-refractivity contribution in [2.75, 3.05) is 0 Å². The van der Waals surface area contributed by atoms with Gasteiger partial charge in [-0.25, -0.2) is 0 Å². The molecule has 0 bridgehead atoms. The summed E-state index contributed by atoms with van der Waals surface area (Å²) in [5.41, 5.74) is 0.623. The SMILES string of the molecule is CC(C)C1=CC2(CC1=O)C(=O)CCC1C(C)(C)CCCC12C. The highest BCUT2D eigenvalue weighted by Crippen LogP contribution is 2.66. The number of allylic oxidation sites excluding steroid dienone is 2. The van der Waals surface area contributed by atoms with Crippen LogP contribution in [0.2, 0.25) is 0 Å². The maximum Gasteiger partial charge on any atom is 0.160 e. The molecule has 1 spiro atoms. The van der Waals surface area contributed by atoms with Crippen molar-refractivity contribution in [3.05, 3.63) is 11.6 Å².